The molecule has 0 aliphatic rings. The fraction of sp³-hybridized carbons (Fsp3) is 0.176. The Hall–Kier alpha value is -4.02. The highest BCUT2D eigenvalue weighted by atomic mass is 16.6. The van der Waals surface area contributed by atoms with Crippen molar-refractivity contribution in [3.8, 4) is 5.69 Å². The predicted octanol–water partition coefficient (Wildman–Crippen LogP) is 1.20. The summed E-state index contributed by atoms with van der Waals surface area (Å²) in [6.45, 7) is 1.69. The first-order valence-electron chi connectivity index (χ1n) is 8.20. The van der Waals surface area contributed by atoms with E-state index in [0.29, 0.717) is 5.76 Å². The molecule has 3 rings (SSSR count). The van der Waals surface area contributed by atoms with Crippen molar-refractivity contribution in [2.45, 2.75) is 19.5 Å². The van der Waals surface area contributed by atoms with Crippen molar-refractivity contribution in [1.82, 2.24) is 25.4 Å². The van der Waals surface area contributed by atoms with Crippen LogP contribution in [-0.4, -0.2) is 37.5 Å². The molecule has 0 saturated carbocycles. The van der Waals surface area contributed by atoms with Crippen LogP contribution in [-0.2, 0) is 11.3 Å². The predicted molar refractivity (Wildman–Crippen MR) is 95.5 cm³/mol. The summed E-state index contributed by atoms with van der Waals surface area (Å²) in [5.41, 5.74) is -0.0994. The fourth-order valence-electron chi connectivity index (χ4n) is 2.42. The maximum atomic E-state index is 12.4. The van der Waals surface area contributed by atoms with Gasteiger partial charge < -0.3 is 15.1 Å². The van der Waals surface area contributed by atoms with Gasteiger partial charge in [0.2, 0.25) is 5.91 Å². The third-order valence-corrected chi connectivity index (χ3v) is 3.86. The first-order chi connectivity index (χ1) is 13.5. The number of aromatic nitrogens is 3. The van der Waals surface area contributed by atoms with Crippen molar-refractivity contribution in [3.05, 3.63) is 70.7 Å². The van der Waals surface area contributed by atoms with Gasteiger partial charge in [-0.15, -0.1) is 0 Å². The van der Waals surface area contributed by atoms with Gasteiger partial charge in [0, 0.05) is 11.6 Å². The molecule has 11 nitrogen and oxygen atoms in total. The summed E-state index contributed by atoms with van der Waals surface area (Å²) < 4.78 is 6.34. The Morgan fingerprint density at radius 2 is 2.18 bits per heavy atom. The van der Waals surface area contributed by atoms with Crippen LogP contribution in [0.1, 0.15) is 23.0 Å². The molecule has 1 unspecified atom stereocenters. The summed E-state index contributed by atoms with van der Waals surface area (Å²) in [7, 11) is 0. The number of amides is 2. The minimum Gasteiger partial charge on any atom is -0.467 e. The van der Waals surface area contributed by atoms with Crippen LogP contribution in [0.3, 0.4) is 0 Å². The topological polar surface area (TPSA) is 145 Å². The lowest BCUT2D eigenvalue weighted by Crippen LogP contribution is -2.44. The smallest absolute Gasteiger partial charge is 0.295 e. The molecule has 144 valence electrons. The molecule has 0 spiro atoms. The van der Waals surface area contributed by atoms with Gasteiger partial charge in [0.25, 0.3) is 11.6 Å². The van der Waals surface area contributed by atoms with Gasteiger partial charge >= 0.3 is 0 Å². The average Bonchev–Trinajstić information content (AvgIpc) is 3.39. The van der Waals surface area contributed by atoms with E-state index >= 15 is 0 Å². The molecular formula is C17H16N6O5. The van der Waals surface area contributed by atoms with Gasteiger partial charge in [0.15, 0.2) is 0 Å². The maximum Gasteiger partial charge on any atom is 0.295 e. The zero-order chi connectivity index (χ0) is 20.1. The second-order valence-corrected chi connectivity index (χ2v) is 5.79. The molecule has 1 aromatic carbocycles. The molecule has 0 fully saturated rings. The summed E-state index contributed by atoms with van der Waals surface area (Å²) in [6, 6.07) is 6.48. The van der Waals surface area contributed by atoms with Crippen molar-refractivity contribution >= 4 is 17.5 Å². The van der Waals surface area contributed by atoms with Crippen molar-refractivity contribution in [1.29, 1.82) is 0 Å². The molecule has 0 bridgehead atoms. The lowest BCUT2D eigenvalue weighted by molar-refractivity contribution is -0.384. The van der Waals surface area contributed by atoms with E-state index in [-0.39, 0.29) is 23.5 Å². The van der Waals surface area contributed by atoms with Crippen LogP contribution in [0.2, 0.25) is 0 Å². The number of furan rings is 1. The molecule has 0 aliphatic carbocycles. The van der Waals surface area contributed by atoms with E-state index in [0.717, 1.165) is 6.07 Å². The summed E-state index contributed by atoms with van der Waals surface area (Å²) in [6.07, 6.45) is 4.05. The largest absolute Gasteiger partial charge is 0.467 e. The second-order valence-electron chi connectivity index (χ2n) is 5.79. The Morgan fingerprint density at radius 1 is 1.36 bits per heavy atom. The van der Waals surface area contributed by atoms with Gasteiger partial charge in [-0.05, 0) is 31.2 Å². The van der Waals surface area contributed by atoms with Crippen molar-refractivity contribution in [2.75, 3.05) is 0 Å². The first-order valence-corrected chi connectivity index (χ1v) is 8.20. The first kappa shape index (κ1) is 18.8. The van der Waals surface area contributed by atoms with Gasteiger partial charge in [0.05, 0.1) is 17.7 Å². The molecular weight excluding hydrogens is 368 g/mol. The fourth-order valence-corrected chi connectivity index (χ4v) is 2.42. The molecule has 2 amide bonds. The number of hydrogen-bond donors (Lipinski definition) is 2. The number of nitro benzene ring substituents is 1. The molecule has 11 heteroatoms. The van der Waals surface area contributed by atoms with Crippen molar-refractivity contribution in [2.24, 2.45) is 0 Å². The SMILES string of the molecule is CC(NC(=O)c1ccc(-n2cncn2)c([N+](=O)[O-])c1)C(=O)NCc1ccco1. The number of carbonyl (C=O) groups is 2. The number of nitro groups is 1. The molecule has 0 saturated heterocycles. The quantitative estimate of drug-likeness (QED) is 0.460. The highest BCUT2D eigenvalue weighted by molar-refractivity contribution is 5.98. The van der Waals surface area contributed by atoms with Crippen LogP contribution < -0.4 is 10.6 Å². The van der Waals surface area contributed by atoms with Gasteiger partial charge in [-0.2, -0.15) is 5.10 Å². The van der Waals surface area contributed by atoms with Crippen LogP contribution in [0.4, 0.5) is 5.69 Å². The van der Waals surface area contributed by atoms with E-state index < -0.39 is 22.8 Å². The minimum atomic E-state index is -0.850. The summed E-state index contributed by atoms with van der Waals surface area (Å²) in [4.78, 5) is 39.0. The number of rotatable bonds is 7. The van der Waals surface area contributed by atoms with Crippen LogP contribution in [0.5, 0.6) is 0 Å². The monoisotopic (exact) mass is 384 g/mol. The highest BCUT2D eigenvalue weighted by Crippen LogP contribution is 2.23. The third-order valence-electron chi connectivity index (χ3n) is 3.86. The van der Waals surface area contributed by atoms with Gasteiger partial charge in [-0.1, -0.05) is 0 Å². The Labute approximate surface area is 158 Å². The van der Waals surface area contributed by atoms with Crippen molar-refractivity contribution < 1.29 is 18.9 Å². The Morgan fingerprint density at radius 3 is 2.82 bits per heavy atom. The highest BCUT2D eigenvalue weighted by Gasteiger charge is 2.22. The number of hydrogen-bond acceptors (Lipinski definition) is 7. The Bertz CT molecular complexity index is 984. The molecule has 0 aliphatic heterocycles. The van der Waals surface area contributed by atoms with Crippen molar-refractivity contribution in [3.63, 3.8) is 0 Å². The van der Waals surface area contributed by atoms with E-state index in [1.807, 2.05) is 0 Å². The molecule has 2 N–H and O–H groups in total. The third kappa shape index (κ3) is 4.20. The minimum absolute atomic E-state index is 0.0428. The van der Waals surface area contributed by atoms with E-state index in [9.17, 15) is 19.7 Å². The maximum absolute atomic E-state index is 12.4. The van der Waals surface area contributed by atoms with Gasteiger partial charge in [0.1, 0.15) is 30.1 Å². The second kappa shape index (κ2) is 8.12. The van der Waals surface area contributed by atoms with Crippen LogP contribution in [0.15, 0.2) is 53.7 Å². The lowest BCUT2D eigenvalue weighted by atomic mass is 10.1. The molecule has 1 atom stereocenters. The van der Waals surface area contributed by atoms with Gasteiger partial charge in [-0.3, -0.25) is 19.7 Å². The summed E-state index contributed by atoms with van der Waals surface area (Å²) in [5, 5.41) is 20.3. The summed E-state index contributed by atoms with van der Waals surface area (Å²) in [5.74, 6) is -0.460. The van der Waals surface area contributed by atoms with E-state index in [1.165, 1.54) is 42.7 Å². The van der Waals surface area contributed by atoms with Crippen LogP contribution in [0.25, 0.3) is 5.69 Å². The number of nitrogens with one attached hydrogen (secondary N) is 2. The number of carbonyl (C=O) groups excluding carboxylic acids is 2. The van der Waals surface area contributed by atoms with E-state index in [2.05, 4.69) is 20.7 Å². The lowest BCUT2D eigenvalue weighted by Gasteiger charge is -2.14. The Balaban J connectivity index is 1.68. The van der Waals surface area contributed by atoms with Gasteiger partial charge in [-0.25, -0.2) is 9.67 Å². The van der Waals surface area contributed by atoms with Crippen LogP contribution >= 0.6 is 0 Å². The number of benzene rings is 1. The Kier molecular flexibility index (Phi) is 5.44. The normalized spacial score (nSPS) is 11.6. The molecule has 28 heavy (non-hydrogen) atoms. The zero-order valence-corrected chi connectivity index (χ0v) is 14.7. The van der Waals surface area contributed by atoms with E-state index in [1.54, 1.807) is 12.1 Å². The standard InChI is InChI=1S/C17H16N6O5/c1-11(16(24)19-8-13-3-2-6-28-13)21-17(25)12-4-5-14(15(7-12)23(26)27)22-10-18-9-20-22/h2-7,9-11H,8H2,1H3,(H,19,24)(H,21,25). The molecule has 2 heterocycles. The zero-order valence-electron chi connectivity index (χ0n) is 14.7. The number of nitrogens with zero attached hydrogens (tertiary/aromatic N) is 4. The summed E-state index contributed by atoms with van der Waals surface area (Å²) >= 11 is 0. The average molecular weight is 384 g/mol. The van der Waals surface area contributed by atoms with E-state index in [4.69, 9.17) is 4.42 Å². The molecule has 3 aromatic rings. The molecule has 2 aromatic heterocycles. The molecule has 0 radical (unpaired) electrons. The van der Waals surface area contributed by atoms with Crippen LogP contribution in [0, 0.1) is 10.1 Å².